The second-order valence-corrected chi connectivity index (χ2v) is 10.3. The van der Waals surface area contributed by atoms with Crippen molar-refractivity contribution in [1.82, 2.24) is 24.9 Å². The molecule has 0 aliphatic carbocycles. The van der Waals surface area contributed by atoms with Crippen LogP contribution in [0.3, 0.4) is 0 Å². The maximum Gasteiger partial charge on any atom is 0.415 e. The molecule has 0 atom stereocenters. The smallest absolute Gasteiger partial charge is 0.371 e. The van der Waals surface area contributed by atoms with Crippen molar-refractivity contribution in [3.05, 3.63) is 82.1 Å². The Morgan fingerprint density at radius 1 is 1.08 bits per heavy atom. The number of benzene rings is 2. The average molecular weight is 536 g/mol. The second kappa shape index (κ2) is 11.4. The SMILES string of the molecule is CN1CCC(CN2CCc3c(C(=O)OC(=O)NCc4ccccc4)nn(-c4cccc(Cl)c4)c3C2=O)CC1. The first-order chi connectivity index (χ1) is 18.4. The van der Waals surface area contributed by atoms with Gasteiger partial charge in [-0.25, -0.2) is 14.3 Å². The number of carbonyl (C=O) groups excluding carboxylic acids is 3. The molecule has 2 aromatic carbocycles. The molecule has 0 unspecified atom stereocenters. The molecule has 0 bridgehead atoms. The molecule has 198 valence electrons. The normalized spacial score (nSPS) is 16.3. The van der Waals surface area contributed by atoms with Gasteiger partial charge in [-0.05, 0) is 69.1 Å². The zero-order valence-electron chi connectivity index (χ0n) is 21.2. The van der Waals surface area contributed by atoms with Crippen molar-refractivity contribution < 1.29 is 19.1 Å². The monoisotopic (exact) mass is 535 g/mol. The molecular weight excluding hydrogens is 506 g/mol. The summed E-state index contributed by atoms with van der Waals surface area (Å²) in [6.07, 6.45) is 1.63. The molecule has 1 fully saturated rings. The first-order valence-electron chi connectivity index (χ1n) is 12.8. The Labute approximate surface area is 226 Å². The summed E-state index contributed by atoms with van der Waals surface area (Å²) >= 11 is 6.22. The molecular formula is C28H30ClN5O4. The summed E-state index contributed by atoms with van der Waals surface area (Å²) in [6.45, 7) is 3.38. The largest absolute Gasteiger partial charge is 0.415 e. The topological polar surface area (TPSA) is 96.8 Å². The summed E-state index contributed by atoms with van der Waals surface area (Å²) in [5.74, 6) is -0.661. The number of halogens is 1. The quantitative estimate of drug-likeness (QED) is 0.379. The summed E-state index contributed by atoms with van der Waals surface area (Å²) in [4.78, 5) is 43.3. The third-order valence-corrected chi connectivity index (χ3v) is 7.37. The molecule has 38 heavy (non-hydrogen) atoms. The van der Waals surface area contributed by atoms with Crippen LogP contribution >= 0.6 is 11.6 Å². The maximum absolute atomic E-state index is 13.7. The molecule has 5 rings (SSSR count). The van der Waals surface area contributed by atoms with Crippen LogP contribution in [0.15, 0.2) is 54.6 Å². The highest BCUT2D eigenvalue weighted by Crippen LogP contribution is 2.29. The number of nitrogens with one attached hydrogen (secondary N) is 1. The fraction of sp³-hybridized carbons (Fsp3) is 0.357. The number of nitrogens with zero attached hydrogens (tertiary/aromatic N) is 4. The van der Waals surface area contributed by atoms with Gasteiger partial charge in [0.15, 0.2) is 5.69 Å². The number of alkyl carbamates (subject to hydrolysis) is 1. The minimum Gasteiger partial charge on any atom is -0.371 e. The minimum absolute atomic E-state index is 0.0397. The van der Waals surface area contributed by atoms with E-state index in [1.807, 2.05) is 35.2 Å². The van der Waals surface area contributed by atoms with Crippen molar-refractivity contribution in [2.24, 2.45) is 5.92 Å². The number of aromatic nitrogens is 2. The summed E-state index contributed by atoms with van der Waals surface area (Å²) in [6, 6.07) is 16.2. The number of hydrogen-bond donors (Lipinski definition) is 1. The van der Waals surface area contributed by atoms with Crippen molar-refractivity contribution in [3.63, 3.8) is 0 Å². The van der Waals surface area contributed by atoms with Crippen LogP contribution < -0.4 is 5.32 Å². The number of esters is 1. The van der Waals surface area contributed by atoms with E-state index >= 15 is 0 Å². The highest BCUT2D eigenvalue weighted by Gasteiger charge is 2.36. The third kappa shape index (κ3) is 5.74. The van der Waals surface area contributed by atoms with Gasteiger partial charge in [0.1, 0.15) is 5.69 Å². The predicted molar refractivity (Wildman–Crippen MR) is 142 cm³/mol. The first-order valence-corrected chi connectivity index (χ1v) is 13.2. The van der Waals surface area contributed by atoms with Gasteiger partial charge in [0, 0.05) is 30.2 Å². The van der Waals surface area contributed by atoms with Crippen molar-refractivity contribution in [3.8, 4) is 5.69 Å². The van der Waals surface area contributed by atoms with Crippen molar-refractivity contribution in [2.75, 3.05) is 33.2 Å². The highest BCUT2D eigenvalue weighted by atomic mass is 35.5. The fourth-order valence-corrected chi connectivity index (χ4v) is 5.22. The van der Waals surface area contributed by atoms with Crippen LogP contribution in [0.5, 0.6) is 0 Å². The van der Waals surface area contributed by atoms with Crippen LogP contribution in [0.1, 0.15) is 44.9 Å². The standard InChI is InChI=1S/C28H30ClN5O4/c1-32-13-10-20(11-14-32)18-33-15-12-23-24(27(36)38-28(37)30-17-19-6-3-2-4-7-19)31-34(25(23)26(33)35)22-9-5-8-21(29)16-22/h2-9,16,20H,10-15,17-18H2,1H3,(H,30,37). The van der Waals surface area contributed by atoms with Crippen LogP contribution in [0.25, 0.3) is 5.69 Å². The average Bonchev–Trinajstić information content (AvgIpc) is 3.32. The first kappa shape index (κ1) is 25.9. The number of amides is 2. The maximum atomic E-state index is 13.7. The highest BCUT2D eigenvalue weighted by molar-refractivity contribution is 6.30. The van der Waals surface area contributed by atoms with Gasteiger partial charge in [0.25, 0.3) is 5.91 Å². The van der Waals surface area contributed by atoms with Crippen molar-refractivity contribution in [2.45, 2.75) is 25.8 Å². The van der Waals surface area contributed by atoms with Crippen LogP contribution in [0.4, 0.5) is 4.79 Å². The van der Waals surface area contributed by atoms with Gasteiger partial charge in [0.2, 0.25) is 0 Å². The van der Waals surface area contributed by atoms with E-state index < -0.39 is 12.1 Å². The Hall–Kier alpha value is -3.69. The Morgan fingerprint density at radius 3 is 2.58 bits per heavy atom. The second-order valence-electron chi connectivity index (χ2n) is 9.83. The van der Waals surface area contributed by atoms with Crippen molar-refractivity contribution >= 4 is 29.6 Å². The minimum atomic E-state index is -0.899. The zero-order valence-corrected chi connectivity index (χ0v) is 22.0. The summed E-state index contributed by atoms with van der Waals surface area (Å²) in [7, 11) is 2.11. The molecule has 2 aliphatic rings. The van der Waals surface area contributed by atoms with E-state index in [9.17, 15) is 14.4 Å². The van der Waals surface area contributed by atoms with E-state index in [1.54, 1.807) is 24.3 Å². The molecule has 1 saturated heterocycles. The zero-order chi connectivity index (χ0) is 26.6. The Morgan fingerprint density at radius 2 is 1.84 bits per heavy atom. The van der Waals surface area contributed by atoms with Gasteiger partial charge >= 0.3 is 12.1 Å². The van der Waals surface area contributed by atoms with E-state index in [2.05, 4.69) is 22.4 Å². The predicted octanol–water partition coefficient (Wildman–Crippen LogP) is 3.93. The lowest BCUT2D eigenvalue weighted by Crippen LogP contribution is -2.44. The molecule has 9 nitrogen and oxygen atoms in total. The van der Waals surface area contributed by atoms with Crippen LogP contribution in [0, 0.1) is 5.92 Å². The lowest BCUT2D eigenvalue weighted by Gasteiger charge is -2.35. The molecule has 1 N–H and O–H groups in total. The summed E-state index contributed by atoms with van der Waals surface area (Å²) in [5, 5.41) is 7.52. The van der Waals surface area contributed by atoms with Gasteiger partial charge in [-0.1, -0.05) is 48.0 Å². The van der Waals surface area contributed by atoms with Gasteiger partial charge in [0.05, 0.1) is 5.69 Å². The lowest BCUT2D eigenvalue weighted by molar-refractivity contribution is 0.0613. The van der Waals surface area contributed by atoms with Gasteiger partial charge in [-0.3, -0.25) is 4.79 Å². The van der Waals surface area contributed by atoms with Crippen molar-refractivity contribution in [1.29, 1.82) is 0 Å². The Kier molecular flexibility index (Phi) is 7.76. The number of hydrogen-bond acceptors (Lipinski definition) is 6. The van der Waals surface area contributed by atoms with Gasteiger partial charge < -0.3 is 19.9 Å². The summed E-state index contributed by atoms with van der Waals surface area (Å²) < 4.78 is 6.52. The molecule has 3 aromatic rings. The molecule has 2 aliphatic heterocycles. The Balaban J connectivity index is 1.38. The number of piperidine rings is 1. The number of ether oxygens (including phenoxy) is 1. The molecule has 1 aromatic heterocycles. The van der Waals surface area contributed by atoms with Crippen LogP contribution in [-0.2, 0) is 17.7 Å². The molecule has 10 heteroatoms. The van der Waals surface area contributed by atoms with E-state index in [0.717, 1.165) is 31.5 Å². The molecule has 3 heterocycles. The van der Waals surface area contributed by atoms with Gasteiger partial charge in [-0.2, -0.15) is 5.10 Å². The van der Waals surface area contributed by atoms with Crippen LogP contribution in [-0.4, -0.2) is 70.8 Å². The van der Waals surface area contributed by atoms with E-state index in [4.69, 9.17) is 16.3 Å². The number of likely N-dealkylation sites (tertiary alicyclic amines) is 1. The molecule has 0 radical (unpaired) electrons. The van der Waals surface area contributed by atoms with E-state index in [0.29, 0.717) is 47.4 Å². The molecule has 2 amide bonds. The van der Waals surface area contributed by atoms with Gasteiger partial charge in [-0.15, -0.1) is 0 Å². The molecule has 0 spiro atoms. The lowest BCUT2D eigenvalue weighted by atomic mass is 9.95. The number of fused-ring (bicyclic) bond motifs is 1. The van der Waals surface area contributed by atoms with E-state index in [1.165, 1.54) is 4.68 Å². The van der Waals surface area contributed by atoms with E-state index in [-0.39, 0.29) is 18.1 Å². The third-order valence-electron chi connectivity index (χ3n) is 7.13. The number of rotatable bonds is 6. The van der Waals surface area contributed by atoms with Crippen LogP contribution in [0.2, 0.25) is 5.02 Å². The Bertz CT molecular complexity index is 1330. The molecule has 0 saturated carbocycles. The fourth-order valence-electron chi connectivity index (χ4n) is 5.03. The number of carbonyl (C=O) groups is 3. The summed E-state index contributed by atoms with van der Waals surface area (Å²) in [5.41, 5.74) is 2.17.